The van der Waals surface area contributed by atoms with E-state index in [2.05, 4.69) is 21.3 Å². The third-order valence-corrected chi connectivity index (χ3v) is 6.27. The zero-order valence-electron chi connectivity index (χ0n) is 24.2. The van der Waals surface area contributed by atoms with Crippen LogP contribution in [0.4, 0.5) is 0 Å². The molecule has 0 fully saturated rings. The molecule has 2 rings (SSSR count). The van der Waals surface area contributed by atoms with E-state index < -0.39 is 58.9 Å². The van der Waals surface area contributed by atoms with E-state index >= 15 is 0 Å². The number of amides is 4. The van der Waals surface area contributed by atoms with Crippen LogP contribution in [0.25, 0.3) is 0 Å². The van der Waals surface area contributed by atoms with Crippen molar-refractivity contribution in [2.24, 2.45) is 11.3 Å². The zero-order chi connectivity index (χ0) is 30.0. The van der Waals surface area contributed by atoms with Crippen molar-refractivity contribution in [1.29, 1.82) is 0 Å². The molecule has 2 aromatic rings. The monoisotopic (exact) mass is 552 g/mol. The molecule has 40 heavy (non-hydrogen) atoms. The molecule has 0 spiro atoms. The number of carbonyl (C=O) groups is 5. The highest BCUT2D eigenvalue weighted by atomic mass is 16.5. The lowest BCUT2D eigenvalue weighted by molar-refractivity contribution is -0.141. The van der Waals surface area contributed by atoms with E-state index in [-0.39, 0.29) is 6.54 Å². The summed E-state index contributed by atoms with van der Waals surface area (Å²) >= 11 is 0. The van der Waals surface area contributed by atoms with Crippen LogP contribution in [0.2, 0.25) is 0 Å². The van der Waals surface area contributed by atoms with Crippen molar-refractivity contribution in [2.45, 2.75) is 66.2 Å². The van der Waals surface area contributed by atoms with Crippen LogP contribution in [0.5, 0.6) is 5.75 Å². The fourth-order valence-corrected chi connectivity index (χ4v) is 3.81. The third kappa shape index (κ3) is 9.21. The van der Waals surface area contributed by atoms with Gasteiger partial charge < -0.3 is 26.0 Å². The standard InChI is InChI=1S/C30H40N4O6/c1-18(2)23(24(35)28(38)31-17-20-13-15-22(40-7)16-14-20)33-26(36)19(3)32-29(39)25(30(4,5)6)34-27(37)21-11-9-8-10-12-21/h8-16,18-19,23,25H,17H2,1-7H3,(H,31,38)(H,32,39)(H,33,36)(H,34,37). The van der Waals surface area contributed by atoms with E-state index in [0.717, 1.165) is 5.56 Å². The molecule has 0 aliphatic rings. The molecule has 2 aromatic carbocycles. The summed E-state index contributed by atoms with van der Waals surface area (Å²) in [5.74, 6) is -2.95. The maximum Gasteiger partial charge on any atom is 0.289 e. The normalized spacial score (nSPS) is 13.4. The van der Waals surface area contributed by atoms with E-state index in [1.54, 1.807) is 96.3 Å². The highest BCUT2D eigenvalue weighted by Crippen LogP contribution is 2.20. The van der Waals surface area contributed by atoms with Gasteiger partial charge in [0.05, 0.1) is 13.2 Å². The van der Waals surface area contributed by atoms with Gasteiger partial charge in [0.2, 0.25) is 17.6 Å². The highest BCUT2D eigenvalue weighted by molar-refractivity contribution is 6.38. The van der Waals surface area contributed by atoms with Gasteiger partial charge in [-0.1, -0.05) is 65.0 Å². The number of hydrogen-bond acceptors (Lipinski definition) is 6. The number of ketones is 1. The van der Waals surface area contributed by atoms with Crippen LogP contribution in [0, 0.1) is 11.3 Å². The van der Waals surface area contributed by atoms with Crippen molar-refractivity contribution in [1.82, 2.24) is 21.3 Å². The molecule has 216 valence electrons. The summed E-state index contributed by atoms with van der Waals surface area (Å²) < 4.78 is 5.11. The summed E-state index contributed by atoms with van der Waals surface area (Å²) in [6, 6.07) is 12.4. The van der Waals surface area contributed by atoms with Crippen molar-refractivity contribution in [2.75, 3.05) is 7.11 Å². The Hall–Kier alpha value is -4.21. The number of rotatable bonds is 12. The van der Waals surface area contributed by atoms with E-state index in [1.807, 2.05) is 0 Å². The van der Waals surface area contributed by atoms with E-state index in [1.165, 1.54) is 6.92 Å². The molecule has 10 heteroatoms. The molecule has 0 aromatic heterocycles. The first kappa shape index (κ1) is 32.0. The molecule has 0 heterocycles. The Labute approximate surface area is 235 Å². The first-order chi connectivity index (χ1) is 18.7. The molecule has 4 N–H and O–H groups in total. The van der Waals surface area contributed by atoms with Crippen LogP contribution in [-0.4, -0.2) is 54.6 Å². The summed E-state index contributed by atoms with van der Waals surface area (Å²) in [5, 5.41) is 10.5. The highest BCUT2D eigenvalue weighted by Gasteiger charge is 2.35. The van der Waals surface area contributed by atoms with Gasteiger partial charge in [0.1, 0.15) is 17.8 Å². The second-order valence-corrected chi connectivity index (χ2v) is 11.0. The minimum Gasteiger partial charge on any atom is -0.497 e. The van der Waals surface area contributed by atoms with Crippen LogP contribution in [-0.2, 0) is 25.7 Å². The van der Waals surface area contributed by atoms with Gasteiger partial charge in [-0.25, -0.2) is 0 Å². The van der Waals surface area contributed by atoms with Gasteiger partial charge in [-0.3, -0.25) is 24.0 Å². The number of methoxy groups -OCH3 is 1. The Morgan fingerprint density at radius 2 is 1.40 bits per heavy atom. The van der Waals surface area contributed by atoms with Crippen molar-refractivity contribution < 1.29 is 28.7 Å². The number of ether oxygens (including phenoxy) is 1. The largest absolute Gasteiger partial charge is 0.497 e. The summed E-state index contributed by atoms with van der Waals surface area (Å²) in [4.78, 5) is 64.3. The molecule has 0 aliphatic heterocycles. The second kappa shape index (κ2) is 14.3. The van der Waals surface area contributed by atoms with Crippen LogP contribution >= 0.6 is 0 Å². The number of hydrogen-bond donors (Lipinski definition) is 4. The van der Waals surface area contributed by atoms with Crippen molar-refractivity contribution in [3.05, 3.63) is 65.7 Å². The Morgan fingerprint density at radius 3 is 1.93 bits per heavy atom. The first-order valence-electron chi connectivity index (χ1n) is 13.2. The predicted octanol–water partition coefficient (Wildman–Crippen LogP) is 2.37. The van der Waals surface area contributed by atoms with Crippen LogP contribution < -0.4 is 26.0 Å². The third-order valence-electron chi connectivity index (χ3n) is 6.27. The molecule has 3 unspecified atom stereocenters. The van der Waals surface area contributed by atoms with Gasteiger partial charge in [-0.05, 0) is 48.1 Å². The maximum atomic E-state index is 13.1. The van der Waals surface area contributed by atoms with Gasteiger partial charge in [-0.2, -0.15) is 0 Å². The lowest BCUT2D eigenvalue weighted by atomic mass is 9.85. The van der Waals surface area contributed by atoms with Crippen molar-refractivity contribution >= 4 is 29.4 Å². The van der Waals surface area contributed by atoms with E-state index in [4.69, 9.17) is 4.74 Å². The first-order valence-corrected chi connectivity index (χ1v) is 13.2. The Balaban J connectivity index is 2.01. The summed E-state index contributed by atoms with van der Waals surface area (Å²) in [5.41, 5.74) is 0.512. The smallest absolute Gasteiger partial charge is 0.289 e. The van der Waals surface area contributed by atoms with Gasteiger partial charge in [-0.15, -0.1) is 0 Å². The number of carbonyl (C=O) groups excluding carboxylic acids is 5. The predicted molar refractivity (Wildman–Crippen MR) is 151 cm³/mol. The number of benzene rings is 2. The second-order valence-electron chi connectivity index (χ2n) is 11.0. The quantitative estimate of drug-likeness (QED) is 0.298. The maximum absolute atomic E-state index is 13.1. The summed E-state index contributed by atoms with van der Waals surface area (Å²) in [7, 11) is 1.55. The zero-order valence-corrected chi connectivity index (χ0v) is 24.2. The molecule has 4 amide bonds. The van der Waals surface area contributed by atoms with Gasteiger partial charge in [0, 0.05) is 12.1 Å². The topological polar surface area (TPSA) is 143 Å². The number of Topliss-reactive ketones (excluding diaryl/α,β-unsaturated/α-hetero) is 1. The van der Waals surface area contributed by atoms with Crippen LogP contribution in [0.1, 0.15) is 57.5 Å². The molecule has 0 radical (unpaired) electrons. The van der Waals surface area contributed by atoms with Crippen molar-refractivity contribution in [3.8, 4) is 5.75 Å². The van der Waals surface area contributed by atoms with E-state index in [9.17, 15) is 24.0 Å². The fraction of sp³-hybridized carbons (Fsp3) is 0.433. The molecular formula is C30H40N4O6. The van der Waals surface area contributed by atoms with Gasteiger partial charge >= 0.3 is 0 Å². The SMILES string of the molecule is COc1ccc(CNC(=O)C(=O)C(NC(=O)C(C)NC(=O)C(NC(=O)c2ccccc2)C(C)(C)C)C(C)C)cc1. The molecule has 0 saturated heterocycles. The summed E-state index contributed by atoms with van der Waals surface area (Å²) in [6.07, 6.45) is 0. The van der Waals surface area contributed by atoms with Gasteiger partial charge in [0.25, 0.3) is 11.8 Å². The molecule has 3 atom stereocenters. The molecule has 0 aliphatic carbocycles. The van der Waals surface area contributed by atoms with Crippen molar-refractivity contribution in [3.63, 3.8) is 0 Å². The Bertz CT molecular complexity index is 1190. The van der Waals surface area contributed by atoms with Gasteiger partial charge in [0.15, 0.2) is 0 Å². The Kier molecular flexibility index (Phi) is 11.4. The van der Waals surface area contributed by atoms with Crippen LogP contribution in [0.15, 0.2) is 54.6 Å². The molecule has 0 saturated carbocycles. The molecule has 0 bridgehead atoms. The lowest BCUT2D eigenvalue weighted by Gasteiger charge is -2.31. The summed E-state index contributed by atoms with van der Waals surface area (Å²) in [6.45, 7) is 10.4. The fourth-order valence-electron chi connectivity index (χ4n) is 3.81. The minimum absolute atomic E-state index is 0.128. The van der Waals surface area contributed by atoms with E-state index in [0.29, 0.717) is 11.3 Å². The van der Waals surface area contributed by atoms with Crippen LogP contribution in [0.3, 0.4) is 0 Å². The molecule has 10 nitrogen and oxygen atoms in total. The Morgan fingerprint density at radius 1 is 0.800 bits per heavy atom. The molecular weight excluding hydrogens is 512 g/mol. The average molecular weight is 553 g/mol. The minimum atomic E-state index is -1.10. The average Bonchev–Trinajstić information content (AvgIpc) is 2.92. The number of nitrogens with one attached hydrogen (secondary N) is 4. The lowest BCUT2D eigenvalue weighted by Crippen LogP contribution is -2.59.